The average molecular weight is 223 g/mol. The van der Waals surface area contributed by atoms with E-state index in [1.165, 1.54) is 6.26 Å². The molecule has 1 fully saturated rings. The molecule has 86 valence electrons. The molecule has 0 atom stereocenters. The second-order valence-electron chi connectivity index (χ2n) is 4.07. The first-order chi connectivity index (χ1) is 7.58. The molecule has 1 saturated carbocycles. The van der Waals surface area contributed by atoms with Crippen LogP contribution in [0.3, 0.4) is 0 Å². The summed E-state index contributed by atoms with van der Waals surface area (Å²) in [5, 5.41) is 11.5. The maximum atomic E-state index is 11.7. The van der Waals surface area contributed by atoms with Crippen molar-refractivity contribution in [3.05, 3.63) is 23.7 Å². The second-order valence-corrected chi connectivity index (χ2v) is 4.07. The number of carbonyl (C=O) groups excluding carboxylic acids is 1. The van der Waals surface area contributed by atoms with Crippen LogP contribution in [0.5, 0.6) is 0 Å². The van der Waals surface area contributed by atoms with E-state index < -0.39 is 5.97 Å². The van der Waals surface area contributed by atoms with Gasteiger partial charge in [0.1, 0.15) is 5.76 Å². The Morgan fingerprint density at radius 1 is 1.50 bits per heavy atom. The minimum absolute atomic E-state index is 0.0251. The lowest BCUT2D eigenvalue weighted by molar-refractivity contribution is -0.145. The van der Waals surface area contributed by atoms with Gasteiger partial charge in [0, 0.05) is 6.04 Å². The Morgan fingerprint density at radius 2 is 2.19 bits per heavy atom. The number of rotatable bonds is 3. The highest BCUT2D eigenvalue weighted by molar-refractivity contribution is 5.95. The van der Waals surface area contributed by atoms with Crippen LogP contribution in [0.4, 0.5) is 0 Å². The van der Waals surface area contributed by atoms with Crippen molar-refractivity contribution in [1.82, 2.24) is 5.32 Å². The van der Waals surface area contributed by atoms with Gasteiger partial charge < -0.3 is 14.8 Å². The van der Waals surface area contributed by atoms with Crippen LogP contribution in [0.25, 0.3) is 0 Å². The van der Waals surface area contributed by atoms with E-state index in [0.29, 0.717) is 24.2 Å². The van der Waals surface area contributed by atoms with Crippen LogP contribution in [-0.2, 0) is 4.79 Å². The van der Waals surface area contributed by atoms with Gasteiger partial charge in [0.05, 0.1) is 17.7 Å². The maximum absolute atomic E-state index is 11.7. The van der Waals surface area contributed by atoms with Gasteiger partial charge in [-0.05, 0) is 25.8 Å². The summed E-state index contributed by atoms with van der Waals surface area (Å²) in [5.74, 6) is -0.715. The molecule has 0 saturated heterocycles. The van der Waals surface area contributed by atoms with Gasteiger partial charge in [0.2, 0.25) is 0 Å². The molecule has 1 aliphatic carbocycles. The lowest BCUT2D eigenvalue weighted by Gasteiger charge is -2.32. The molecule has 5 heteroatoms. The zero-order chi connectivity index (χ0) is 11.7. The smallest absolute Gasteiger partial charge is 0.306 e. The van der Waals surface area contributed by atoms with Gasteiger partial charge >= 0.3 is 5.97 Å². The molecule has 1 aliphatic rings. The first-order valence-electron chi connectivity index (χ1n) is 5.15. The van der Waals surface area contributed by atoms with Gasteiger partial charge in [-0.1, -0.05) is 0 Å². The summed E-state index contributed by atoms with van der Waals surface area (Å²) in [4.78, 5) is 22.3. The maximum Gasteiger partial charge on any atom is 0.306 e. The Kier molecular flexibility index (Phi) is 2.68. The van der Waals surface area contributed by atoms with E-state index in [0.717, 1.165) is 0 Å². The molecule has 16 heavy (non-hydrogen) atoms. The van der Waals surface area contributed by atoms with Crippen molar-refractivity contribution in [3.8, 4) is 0 Å². The van der Waals surface area contributed by atoms with Crippen molar-refractivity contribution in [2.75, 3.05) is 0 Å². The predicted molar refractivity (Wildman–Crippen MR) is 55.1 cm³/mol. The first kappa shape index (κ1) is 10.7. The van der Waals surface area contributed by atoms with E-state index >= 15 is 0 Å². The molecule has 1 amide bonds. The fourth-order valence-electron chi connectivity index (χ4n) is 1.82. The number of carbonyl (C=O) groups is 2. The van der Waals surface area contributed by atoms with Crippen LogP contribution in [0.2, 0.25) is 0 Å². The zero-order valence-corrected chi connectivity index (χ0v) is 8.90. The normalized spacial score (nSPS) is 23.6. The second kappa shape index (κ2) is 4.00. The number of aryl methyl sites for hydroxylation is 1. The van der Waals surface area contributed by atoms with Gasteiger partial charge in [0.25, 0.3) is 5.91 Å². The predicted octanol–water partition coefficient (Wildman–Crippen LogP) is 1.18. The number of hydrogen-bond acceptors (Lipinski definition) is 3. The number of carboxylic acid groups (broad SMARTS) is 1. The molecule has 0 aromatic carbocycles. The summed E-state index contributed by atoms with van der Waals surface area (Å²) in [5.41, 5.74) is 0.513. The molecule has 5 nitrogen and oxygen atoms in total. The minimum Gasteiger partial charge on any atom is -0.481 e. The average Bonchev–Trinajstić information content (AvgIpc) is 2.56. The molecule has 2 rings (SSSR count). The summed E-state index contributed by atoms with van der Waals surface area (Å²) < 4.78 is 5.02. The van der Waals surface area contributed by atoms with Gasteiger partial charge in [-0.3, -0.25) is 9.59 Å². The Labute approximate surface area is 92.4 Å². The molecule has 0 bridgehead atoms. The van der Waals surface area contributed by atoms with Gasteiger partial charge in [-0.15, -0.1) is 0 Å². The topological polar surface area (TPSA) is 79.5 Å². The molecule has 2 N–H and O–H groups in total. The van der Waals surface area contributed by atoms with Crippen molar-refractivity contribution >= 4 is 11.9 Å². The molecule has 0 unspecified atom stereocenters. The Balaban J connectivity index is 1.87. The van der Waals surface area contributed by atoms with Crippen LogP contribution in [0, 0.1) is 12.8 Å². The van der Waals surface area contributed by atoms with Crippen LogP contribution in [0.15, 0.2) is 16.7 Å². The molecular weight excluding hydrogens is 210 g/mol. The van der Waals surface area contributed by atoms with E-state index in [-0.39, 0.29) is 17.9 Å². The van der Waals surface area contributed by atoms with Crippen molar-refractivity contribution in [3.63, 3.8) is 0 Å². The zero-order valence-electron chi connectivity index (χ0n) is 8.90. The van der Waals surface area contributed by atoms with E-state index in [1.54, 1.807) is 13.0 Å². The number of aliphatic carboxylic acids is 1. The number of nitrogens with one attached hydrogen (secondary N) is 1. The summed E-state index contributed by atoms with van der Waals surface area (Å²) >= 11 is 0. The van der Waals surface area contributed by atoms with Crippen molar-refractivity contribution < 1.29 is 19.1 Å². The van der Waals surface area contributed by atoms with Crippen LogP contribution < -0.4 is 5.32 Å². The highest BCUT2D eigenvalue weighted by Gasteiger charge is 2.35. The van der Waals surface area contributed by atoms with E-state index in [9.17, 15) is 9.59 Å². The van der Waals surface area contributed by atoms with Crippen LogP contribution in [0.1, 0.15) is 29.0 Å². The lowest BCUT2D eigenvalue weighted by atomic mass is 9.80. The van der Waals surface area contributed by atoms with Crippen molar-refractivity contribution in [1.29, 1.82) is 0 Å². The molecule has 0 aliphatic heterocycles. The van der Waals surface area contributed by atoms with Gasteiger partial charge in [-0.2, -0.15) is 0 Å². The van der Waals surface area contributed by atoms with Gasteiger partial charge in [-0.25, -0.2) is 0 Å². The summed E-state index contributed by atoms with van der Waals surface area (Å²) in [6.45, 7) is 1.72. The fraction of sp³-hybridized carbons (Fsp3) is 0.455. The Hall–Kier alpha value is -1.78. The number of carboxylic acids is 1. The van der Waals surface area contributed by atoms with Crippen molar-refractivity contribution in [2.45, 2.75) is 25.8 Å². The Morgan fingerprint density at radius 3 is 2.69 bits per heavy atom. The lowest BCUT2D eigenvalue weighted by Crippen LogP contribution is -2.46. The van der Waals surface area contributed by atoms with E-state index in [2.05, 4.69) is 5.32 Å². The molecule has 1 heterocycles. The third-order valence-electron chi connectivity index (χ3n) is 2.93. The highest BCUT2D eigenvalue weighted by Crippen LogP contribution is 2.27. The first-order valence-corrected chi connectivity index (χ1v) is 5.15. The molecule has 1 aromatic rings. The largest absolute Gasteiger partial charge is 0.481 e. The molecule has 0 spiro atoms. The van der Waals surface area contributed by atoms with E-state index in [1.807, 2.05) is 0 Å². The fourth-order valence-corrected chi connectivity index (χ4v) is 1.82. The van der Waals surface area contributed by atoms with Crippen LogP contribution >= 0.6 is 0 Å². The number of furan rings is 1. The summed E-state index contributed by atoms with van der Waals surface area (Å²) in [6, 6.07) is 1.58. The quantitative estimate of drug-likeness (QED) is 0.806. The standard InChI is InChI=1S/C11H13NO4/c1-6-9(2-3-16-6)10(13)12-8-4-7(5-8)11(14)15/h2-3,7-8H,4-5H2,1H3,(H,12,13)(H,14,15). The van der Waals surface area contributed by atoms with Gasteiger partial charge in [0.15, 0.2) is 0 Å². The Bertz CT molecular complexity index is 417. The SMILES string of the molecule is Cc1occc1C(=O)NC1CC(C(=O)O)C1. The molecular formula is C11H13NO4. The third kappa shape index (κ3) is 1.93. The van der Waals surface area contributed by atoms with Crippen LogP contribution in [-0.4, -0.2) is 23.0 Å². The summed E-state index contributed by atoms with van der Waals surface area (Å²) in [6.07, 6.45) is 2.49. The summed E-state index contributed by atoms with van der Waals surface area (Å²) in [7, 11) is 0. The highest BCUT2D eigenvalue weighted by atomic mass is 16.4. The molecule has 1 aromatic heterocycles. The van der Waals surface area contributed by atoms with E-state index in [4.69, 9.17) is 9.52 Å². The van der Waals surface area contributed by atoms with Crippen molar-refractivity contribution in [2.24, 2.45) is 5.92 Å². The number of hydrogen-bond donors (Lipinski definition) is 2. The monoisotopic (exact) mass is 223 g/mol. The number of amides is 1. The minimum atomic E-state index is -0.787. The third-order valence-corrected chi connectivity index (χ3v) is 2.93. The molecule has 0 radical (unpaired) electrons.